The van der Waals surface area contributed by atoms with Crippen molar-refractivity contribution in [2.75, 3.05) is 0 Å². The first-order chi connectivity index (χ1) is 9.27. The van der Waals surface area contributed by atoms with Crippen LogP contribution >= 0.6 is 0 Å². The molecule has 20 heavy (non-hydrogen) atoms. The van der Waals surface area contributed by atoms with Crippen molar-refractivity contribution in [3.63, 3.8) is 0 Å². The van der Waals surface area contributed by atoms with Gasteiger partial charge in [-0.2, -0.15) is 10.2 Å². The zero-order chi connectivity index (χ0) is 13.5. The molecule has 0 bridgehead atoms. The van der Waals surface area contributed by atoms with Gasteiger partial charge in [0.25, 0.3) is 5.69 Å². The SMILES string of the molecule is O=[N+]([O-])c1ccc(-n2cncn2)cc1.[H-].[Na+].c1nc[nH]n1. The molecule has 0 saturated carbocycles. The van der Waals surface area contributed by atoms with Crippen molar-refractivity contribution in [3.8, 4) is 5.69 Å². The Morgan fingerprint density at radius 3 is 2.35 bits per heavy atom. The van der Waals surface area contributed by atoms with E-state index in [-0.39, 0.29) is 36.7 Å². The van der Waals surface area contributed by atoms with Gasteiger partial charge in [-0.25, -0.2) is 14.6 Å². The Bertz CT molecular complexity index is 598. The summed E-state index contributed by atoms with van der Waals surface area (Å²) >= 11 is 0. The molecule has 1 aromatic carbocycles. The fraction of sp³-hybridized carbons (Fsp3) is 0. The van der Waals surface area contributed by atoms with E-state index in [0.717, 1.165) is 5.69 Å². The Hall–Kier alpha value is -2.10. The number of benzene rings is 1. The fourth-order valence-corrected chi connectivity index (χ4v) is 1.24. The van der Waals surface area contributed by atoms with Gasteiger partial charge >= 0.3 is 29.6 Å². The number of nitro groups is 1. The largest absolute Gasteiger partial charge is 1.00 e. The molecule has 0 atom stereocenters. The number of aromatic amines is 1. The number of hydrogen-bond donors (Lipinski definition) is 1. The normalized spacial score (nSPS) is 9.00. The number of nitrogens with one attached hydrogen (secondary N) is 1. The van der Waals surface area contributed by atoms with Gasteiger partial charge in [-0.1, -0.05) is 0 Å². The summed E-state index contributed by atoms with van der Waals surface area (Å²) in [6.45, 7) is 0. The van der Waals surface area contributed by atoms with Crippen LogP contribution < -0.4 is 29.6 Å². The van der Waals surface area contributed by atoms with Crippen LogP contribution in [-0.2, 0) is 0 Å². The van der Waals surface area contributed by atoms with Crippen molar-refractivity contribution >= 4 is 5.69 Å². The molecule has 0 radical (unpaired) electrons. The van der Waals surface area contributed by atoms with Crippen LogP contribution in [0.15, 0.2) is 49.6 Å². The number of nitrogens with zero attached hydrogens (tertiary/aromatic N) is 6. The number of non-ortho nitro benzene ring substituents is 1. The van der Waals surface area contributed by atoms with E-state index < -0.39 is 4.92 Å². The predicted octanol–water partition coefficient (Wildman–Crippen LogP) is -1.90. The summed E-state index contributed by atoms with van der Waals surface area (Å²) in [5.41, 5.74) is 0.807. The van der Waals surface area contributed by atoms with E-state index >= 15 is 0 Å². The van der Waals surface area contributed by atoms with Crippen molar-refractivity contribution in [2.45, 2.75) is 0 Å². The molecule has 98 valence electrons. The summed E-state index contributed by atoms with van der Waals surface area (Å²) in [4.78, 5) is 17.3. The van der Waals surface area contributed by atoms with Crippen LogP contribution in [0, 0.1) is 10.1 Å². The molecule has 2 heterocycles. The summed E-state index contributed by atoms with van der Waals surface area (Å²) < 4.78 is 1.53. The summed E-state index contributed by atoms with van der Waals surface area (Å²) in [5.74, 6) is 0. The molecule has 3 aromatic rings. The molecule has 0 amide bonds. The summed E-state index contributed by atoms with van der Waals surface area (Å²) in [5, 5.41) is 20.3. The summed E-state index contributed by atoms with van der Waals surface area (Å²) in [7, 11) is 0. The number of aromatic nitrogens is 6. The molecular formula is C10H10N7NaO2. The first-order valence-corrected chi connectivity index (χ1v) is 5.15. The number of rotatable bonds is 2. The van der Waals surface area contributed by atoms with Gasteiger partial charge in [0.1, 0.15) is 25.3 Å². The Morgan fingerprint density at radius 2 is 1.95 bits per heavy atom. The molecule has 9 nitrogen and oxygen atoms in total. The topological polar surface area (TPSA) is 115 Å². The van der Waals surface area contributed by atoms with E-state index in [4.69, 9.17) is 0 Å². The first-order valence-electron chi connectivity index (χ1n) is 5.15. The molecule has 0 unspecified atom stereocenters. The second-order valence-corrected chi connectivity index (χ2v) is 3.27. The second-order valence-electron chi connectivity index (χ2n) is 3.27. The smallest absolute Gasteiger partial charge is 1.00 e. The van der Waals surface area contributed by atoms with E-state index in [0.29, 0.717) is 0 Å². The van der Waals surface area contributed by atoms with E-state index in [2.05, 4.69) is 25.3 Å². The van der Waals surface area contributed by atoms with Crippen LogP contribution in [0.2, 0.25) is 0 Å². The molecule has 0 spiro atoms. The van der Waals surface area contributed by atoms with Crippen molar-refractivity contribution in [2.24, 2.45) is 0 Å². The second kappa shape index (κ2) is 8.15. The Kier molecular flexibility index (Phi) is 6.50. The molecule has 2 aromatic heterocycles. The maximum Gasteiger partial charge on any atom is 1.00 e. The van der Waals surface area contributed by atoms with Gasteiger partial charge < -0.3 is 1.43 Å². The molecule has 0 aliphatic heterocycles. The average Bonchev–Trinajstić information content (AvgIpc) is 3.15. The minimum absolute atomic E-state index is 0. The molecule has 3 rings (SSSR count). The minimum Gasteiger partial charge on any atom is -1.00 e. The molecule has 0 fully saturated rings. The third kappa shape index (κ3) is 4.53. The van der Waals surface area contributed by atoms with E-state index in [1.807, 2.05) is 0 Å². The zero-order valence-corrected chi connectivity index (χ0v) is 12.6. The van der Waals surface area contributed by atoms with Gasteiger partial charge in [0.15, 0.2) is 0 Å². The van der Waals surface area contributed by atoms with Crippen molar-refractivity contribution in [3.05, 3.63) is 59.7 Å². The Morgan fingerprint density at radius 1 is 1.20 bits per heavy atom. The molecular weight excluding hydrogens is 273 g/mol. The monoisotopic (exact) mass is 283 g/mol. The van der Waals surface area contributed by atoms with Crippen LogP contribution in [-0.4, -0.2) is 34.9 Å². The standard InChI is InChI=1S/C8H6N4O2.C2H3N3.Na.H/c13-12(14)8-3-1-7(2-4-8)11-6-9-5-10-11;1-3-2-5-4-1;;/h1-6H;1-2H,(H,3,4,5);;/q;;+1;-1. The van der Waals surface area contributed by atoms with Crippen molar-refractivity contribution < 1.29 is 35.9 Å². The Balaban J connectivity index is 0.000000491. The zero-order valence-electron chi connectivity index (χ0n) is 11.6. The van der Waals surface area contributed by atoms with E-state index in [9.17, 15) is 10.1 Å². The van der Waals surface area contributed by atoms with Gasteiger partial charge in [-0.05, 0) is 12.1 Å². The van der Waals surface area contributed by atoms with Gasteiger partial charge in [0.2, 0.25) is 0 Å². The van der Waals surface area contributed by atoms with E-state index in [1.165, 1.54) is 42.1 Å². The van der Waals surface area contributed by atoms with Gasteiger partial charge in [-0.3, -0.25) is 15.2 Å². The van der Waals surface area contributed by atoms with Crippen LogP contribution in [0.5, 0.6) is 0 Å². The summed E-state index contributed by atoms with van der Waals surface area (Å²) in [6, 6.07) is 6.09. The maximum absolute atomic E-state index is 10.4. The number of nitro benzene ring substituents is 1. The van der Waals surface area contributed by atoms with Gasteiger partial charge in [-0.15, -0.1) is 0 Å². The molecule has 0 aliphatic carbocycles. The quantitative estimate of drug-likeness (QED) is 0.333. The number of H-pyrrole nitrogens is 1. The number of hydrogen-bond acceptors (Lipinski definition) is 6. The van der Waals surface area contributed by atoms with Crippen LogP contribution in [0.1, 0.15) is 1.43 Å². The average molecular weight is 283 g/mol. The van der Waals surface area contributed by atoms with Crippen LogP contribution in [0.3, 0.4) is 0 Å². The molecule has 10 heteroatoms. The van der Waals surface area contributed by atoms with Gasteiger partial charge in [0.05, 0.1) is 10.6 Å². The van der Waals surface area contributed by atoms with Crippen LogP contribution in [0.25, 0.3) is 5.69 Å². The molecule has 1 N–H and O–H groups in total. The maximum atomic E-state index is 10.4. The summed E-state index contributed by atoms with van der Waals surface area (Å²) in [6.07, 6.45) is 5.89. The Labute approximate surface area is 137 Å². The van der Waals surface area contributed by atoms with E-state index in [1.54, 1.807) is 12.1 Å². The third-order valence-corrected chi connectivity index (χ3v) is 2.08. The first kappa shape index (κ1) is 16.0. The third-order valence-electron chi connectivity index (χ3n) is 2.08. The van der Waals surface area contributed by atoms with Crippen molar-refractivity contribution in [1.29, 1.82) is 0 Å². The van der Waals surface area contributed by atoms with Gasteiger partial charge in [0, 0.05) is 12.1 Å². The molecule has 0 saturated heterocycles. The fourth-order valence-electron chi connectivity index (χ4n) is 1.24. The predicted molar refractivity (Wildman–Crippen MR) is 65.5 cm³/mol. The van der Waals surface area contributed by atoms with Crippen LogP contribution in [0.4, 0.5) is 5.69 Å². The van der Waals surface area contributed by atoms with Crippen molar-refractivity contribution in [1.82, 2.24) is 29.9 Å². The molecule has 0 aliphatic rings. The minimum atomic E-state index is -0.439.